The number of carbonyl (C=O) groups excluding carboxylic acids is 1. The normalized spacial score (nSPS) is 12.0. The molecule has 1 amide bonds. The predicted octanol–water partition coefficient (Wildman–Crippen LogP) is 3.88. The SMILES string of the molecule is C[C@H](Sc1nnc(-c2ccccc2)n1C)C(=O)Nc1cc(F)ccc1F. The van der Waals surface area contributed by atoms with Crippen molar-refractivity contribution in [2.24, 2.45) is 7.05 Å². The highest BCUT2D eigenvalue weighted by molar-refractivity contribution is 8.00. The van der Waals surface area contributed by atoms with Crippen molar-refractivity contribution in [2.75, 3.05) is 5.32 Å². The number of carbonyl (C=O) groups is 1. The van der Waals surface area contributed by atoms with E-state index in [0.717, 1.165) is 23.8 Å². The molecule has 2 aromatic carbocycles. The van der Waals surface area contributed by atoms with E-state index in [1.807, 2.05) is 37.4 Å². The predicted molar refractivity (Wildman–Crippen MR) is 96.7 cm³/mol. The molecule has 0 radical (unpaired) electrons. The summed E-state index contributed by atoms with van der Waals surface area (Å²) in [5.41, 5.74) is 0.721. The number of nitrogens with one attached hydrogen (secondary N) is 1. The Morgan fingerprint density at radius 2 is 1.88 bits per heavy atom. The molecule has 1 aromatic heterocycles. The van der Waals surface area contributed by atoms with Crippen molar-refractivity contribution in [2.45, 2.75) is 17.3 Å². The summed E-state index contributed by atoms with van der Waals surface area (Å²) in [5.74, 6) is -1.09. The van der Waals surface area contributed by atoms with Gasteiger partial charge in [-0.05, 0) is 19.1 Å². The molecule has 0 aliphatic carbocycles. The standard InChI is InChI=1S/C18H16F2N4OS/c1-11(17(25)21-15-10-13(19)8-9-14(15)20)26-18-23-22-16(24(18)2)12-6-4-3-5-7-12/h3-11H,1-2H3,(H,21,25)/t11-/m0/s1. The number of hydrogen-bond acceptors (Lipinski definition) is 4. The number of halogens is 2. The van der Waals surface area contributed by atoms with Gasteiger partial charge in [-0.15, -0.1) is 10.2 Å². The first-order valence-electron chi connectivity index (χ1n) is 7.83. The van der Waals surface area contributed by atoms with E-state index in [9.17, 15) is 13.6 Å². The van der Waals surface area contributed by atoms with E-state index in [0.29, 0.717) is 11.0 Å². The summed E-state index contributed by atoms with van der Waals surface area (Å²) >= 11 is 1.18. The summed E-state index contributed by atoms with van der Waals surface area (Å²) < 4.78 is 28.7. The molecule has 134 valence electrons. The molecule has 5 nitrogen and oxygen atoms in total. The van der Waals surface area contributed by atoms with Crippen molar-refractivity contribution in [3.05, 3.63) is 60.2 Å². The number of anilines is 1. The third-order valence-electron chi connectivity index (χ3n) is 3.70. The fourth-order valence-electron chi connectivity index (χ4n) is 2.30. The third-order valence-corrected chi connectivity index (χ3v) is 4.84. The van der Waals surface area contributed by atoms with E-state index in [2.05, 4.69) is 15.5 Å². The quantitative estimate of drug-likeness (QED) is 0.689. The van der Waals surface area contributed by atoms with E-state index in [1.165, 1.54) is 11.8 Å². The third kappa shape index (κ3) is 3.91. The molecule has 0 aliphatic rings. The molecule has 0 saturated carbocycles. The van der Waals surface area contributed by atoms with Gasteiger partial charge in [0.2, 0.25) is 5.91 Å². The largest absolute Gasteiger partial charge is 0.323 e. The van der Waals surface area contributed by atoms with Crippen molar-refractivity contribution in [3.63, 3.8) is 0 Å². The van der Waals surface area contributed by atoms with Gasteiger partial charge in [0.15, 0.2) is 11.0 Å². The Labute approximate surface area is 153 Å². The molecule has 0 unspecified atom stereocenters. The van der Waals surface area contributed by atoms with Gasteiger partial charge in [0.1, 0.15) is 11.6 Å². The molecular weight excluding hydrogens is 358 g/mol. The van der Waals surface area contributed by atoms with Crippen LogP contribution in [0.3, 0.4) is 0 Å². The van der Waals surface area contributed by atoms with Crippen molar-refractivity contribution in [3.8, 4) is 11.4 Å². The Morgan fingerprint density at radius 3 is 2.62 bits per heavy atom. The monoisotopic (exact) mass is 374 g/mol. The van der Waals surface area contributed by atoms with Crippen LogP contribution in [0.15, 0.2) is 53.7 Å². The zero-order chi connectivity index (χ0) is 18.7. The number of amides is 1. The van der Waals surface area contributed by atoms with Crippen molar-refractivity contribution in [1.82, 2.24) is 14.8 Å². The van der Waals surface area contributed by atoms with Crippen LogP contribution in [0, 0.1) is 11.6 Å². The van der Waals surface area contributed by atoms with Gasteiger partial charge in [-0.2, -0.15) is 0 Å². The summed E-state index contributed by atoms with van der Waals surface area (Å²) in [6.07, 6.45) is 0. The van der Waals surface area contributed by atoms with Gasteiger partial charge in [-0.3, -0.25) is 4.79 Å². The lowest BCUT2D eigenvalue weighted by Gasteiger charge is -2.12. The average Bonchev–Trinajstić information content (AvgIpc) is 2.99. The van der Waals surface area contributed by atoms with Gasteiger partial charge in [0.25, 0.3) is 0 Å². The van der Waals surface area contributed by atoms with Crippen LogP contribution in [0.4, 0.5) is 14.5 Å². The fourth-order valence-corrected chi connectivity index (χ4v) is 3.11. The number of rotatable bonds is 5. The molecule has 8 heteroatoms. The number of thioether (sulfide) groups is 1. The minimum Gasteiger partial charge on any atom is -0.323 e. The molecule has 1 heterocycles. The van der Waals surface area contributed by atoms with Gasteiger partial charge in [-0.25, -0.2) is 8.78 Å². The van der Waals surface area contributed by atoms with Crippen LogP contribution in [0.2, 0.25) is 0 Å². The second-order valence-corrected chi connectivity index (χ2v) is 6.91. The summed E-state index contributed by atoms with van der Waals surface area (Å²) in [7, 11) is 1.81. The maximum atomic E-state index is 13.7. The Bertz CT molecular complexity index is 930. The molecule has 0 spiro atoms. The first kappa shape index (κ1) is 18.1. The van der Waals surface area contributed by atoms with Gasteiger partial charge in [0.05, 0.1) is 10.9 Å². The fraction of sp³-hybridized carbons (Fsp3) is 0.167. The average molecular weight is 374 g/mol. The number of hydrogen-bond donors (Lipinski definition) is 1. The number of nitrogens with zero attached hydrogens (tertiary/aromatic N) is 3. The van der Waals surface area contributed by atoms with E-state index >= 15 is 0 Å². The van der Waals surface area contributed by atoms with Gasteiger partial charge >= 0.3 is 0 Å². The molecule has 3 aromatic rings. The second-order valence-electron chi connectivity index (χ2n) is 5.60. The topological polar surface area (TPSA) is 59.8 Å². The van der Waals surface area contributed by atoms with Crippen LogP contribution >= 0.6 is 11.8 Å². The lowest BCUT2D eigenvalue weighted by molar-refractivity contribution is -0.115. The van der Waals surface area contributed by atoms with E-state index in [-0.39, 0.29) is 5.69 Å². The van der Waals surface area contributed by atoms with Gasteiger partial charge < -0.3 is 9.88 Å². The molecule has 0 aliphatic heterocycles. The van der Waals surface area contributed by atoms with E-state index in [1.54, 1.807) is 11.5 Å². The van der Waals surface area contributed by atoms with Crippen LogP contribution in [0.1, 0.15) is 6.92 Å². The minimum atomic E-state index is -0.693. The summed E-state index contributed by atoms with van der Waals surface area (Å²) in [4.78, 5) is 12.3. The minimum absolute atomic E-state index is 0.189. The first-order valence-corrected chi connectivity index (χ1v) is 8.71. The van der Waals surface area contributed by atoms with Crippen LogP contribution in [0.5, 0.6) is 0 Å². The van der Waals surface area contributed by atoms with Gasteiger partial charge in [0, 0.05) is 18.7 Å². The second kappa shape index (κ2) is 7.65. The smallest absolute Gasteiger partial charge is 0.237 e. The Kier molecular flexibility index (Phi) is 5.32. The van der Waals surface area contributed by atoms with Crippen molar-refractivity contribution < 1.29 is 13.6 Å². The Balaban J connectivity index is 1.72. The molecule has 3 rings (SSSR count). The summed E-state index contributed by atoms with van der Waals surface area (Å²) in [6, 6.07) is 12.5. The summed E-state index contributed by atoms with van der Waals surface area (Å²) in [6.45, 7) is 1.66. The maximum Gasteiger partial charge on any atom is 0.237 e. The number of aromatic nitrogens is 3. The maximum absolute atomic E-state index is 13.7. The van der Waals surface area contributed by atoms with Gasteiger partial charge in [-0.1, -0.05) is 42.1 Å². The lowest BCUT2D eigenvalue weighted by atomic mass is 10.2. The molecule has 1 atom stereocenters. The lowest BCUT2D eigenvalue weighted by Crippen LogP contribution is -2.23. The molecule has 0 bridgehead atoms. The van der Waals surface area contributed by atoms with Crippen LogP contribution in [0.25, 0.3) is 11.4 Å². The molecular formula is C18H16F2N4OS. The zero-order valence-electron chi connectivity index (χ0n) is 14.1. The summed E-state index contributed by atoms with van der Waals surface area (Å²) in [5, 5.41) is 10.6. The highest BCUT2D eigenvalue weighted by Gasteiger charge is 2.20. The number of benzene rings is 2. The van der Waals surface area contributed by atoms with Crippen LogP contribution in [-0.4, -0.2) is 25.9 Å². The van der Waals surface area contributed by atoms with Crippen LogP contribution in [-0.2, 0) is 11.8 Å². The Morgan fingerprint density at radius 1 is 1.15 bits per heavy atom. The molecule has 26 heavy (non-hydrogen) atoms. The van der Waals surface area contributed by atoms with Crippen LogP contribution < -0.4 is 5.32 Å². The molecule has 0 saturated heterocycles. The Hall–Kier alpha value is -2.74. The highest BCUT2D eigenvalue weighted by Crippen LogP contribution is 2.26. The highest BCUT2D eigenvalue weighted by atomic mass is 32.2. The molecule has 0 fully saturated rings. The zero-order valence-corrected chi connectivity index (χ0v) is 14.9. The first-order chi connectivity index (χ1) is 12.5. The van der Waals surface area contributed by atoms with Crippen molar-refractivity contribution in [1.29, 1.82) is 0 Å². The van der Waals surface area contributed by atoms with Crippen molar-refractivity contribution >= 4 is 23.4 Å². The van der Waals surface area contributed by atoms with E-state index in [4.69, 9.17) is 0 Å². The van der Waals surface area contributed by atoms with E-state index < -0.39 is 22.8 Å². The molecule has 1 N–H and O–H groups in total.